The third-order valence-electron chi connectivity index (χ3n) is 6.66. The maximum atomic E-state index is 15.3. The van der Waals surface area contributed by atoms with E-state index in [2.05, 4.69) is 9.72 Å². The number of Topliss-reactive ketones (excluding diaryl/α,β-unsaturated/α-hetero) is 1. The first kappa shape index (κ1) is 27.4. The average molecular weight is 557 g/mol. The normalized spacial score (nSPS) is 14.5. The van der Waals surface area contributed by atoms with E-state index in [-0.39, 0.29) is 24.7 Å². The Labute approximate surface area is 228 Å². The number of alkyl halides is 3. The van der Waals surface area contributed by atoms with E-state index in [1.165, 1.54) is 18.2 Å². The largest absolute Gasteiger partial charge is 0.573 e. The number of hydrogen-bond acceptors (Lipinski definition) is 6. The molecule has 1 fully saturated rings. The van der Waals surface area contributed by atoms with Crippen LogP contribution in [0.15, 0.2) is 66.7 Å². The molecule has 0 bridgehead atoms. The molecule has 1 saturated heterocycles. The van der Waals surface area contributed by atoms with Gasteiger partial charge >= 0.3 is 6.36 Å². The Bertz CT molecular complexity index is 1460. The lowest BCUT2D eigenvalue weighted by Gasteiger charge is -2.35. The molecule has 0 unspecified atom stereocenters. The maximum absolute atomic E-state index is 15.3. The van der Waals surface area contributed by atoms with Gasteiger partial charge < -0.3 is 18.9 Å². The number of imidazole rings is 1. The van der Waals surface area contributed by atoms with Crippen LogP contribution in [-0.2, 0) is 17.9 Å². The maximum Gasteiger partial charge on any atom is 0.573 e. The van der Waals surface area contributed by atoms with Crippen molar-refractivity contribution >= 4 is 22.5 Å². The van der Waals surface area contributed by atoms with Gasteiger partial charge in [-0.15, -0.1) is 13.2 Å². The van der Waals surface area contributed by atoms with Gasteiger partial charge in [0, 0.05) is 38.8 Å². The van der Waals surface area contributed by atoms with Crippen molar-refractivity contribution in [1.29, 1.82) is 0 Å². The van der Waals surface area contributed by atoms with Gasteiger partial charge in [-0.25, -0.2) is 9.37 Å². The molecule has 40 heavy (non-hydrogen) atoms. The molecule has 5 rings (SSSR count). The van der Waals surface area contributed by atoms with Gasteiger partial charge in [-0.2, -0.15) is 0 Å². The first-order valence-electron chi connectivity index (χ1n) is 12.8. The first-order valence-corrected chi connectivity index (χ1v) is 12.8. The number of ketones is 1. The molecule has 1 aliphatic heterocycles. The lowest BCUT2D eigenvalue weighted by Crippen LogP contribution is -2.48. The molecule has 210 valence electrons. The predicted molar refractivity (Wildman–Crippen MR) is 142 cm³/mol. The van der Waals surface area contributed by atoms with Crippen molar-refractivity contribution in [1.82, 2.24) is 14.5 Å². The number of hydrogen-bond donors (Lipinski definition) is 0. The molecule has 0 aliphatic carbocycles. The molecular formula is C29H28F4N4O3. The van der Waals surface area contributed by atoms with E-state index in [0.717, 1.165) is 0 Å². The fourth-order valence-corrected chi connectivity index (χ4v) is 4.82. The molecule has 3 aromatic carbocycles. The Morgan fingerprint density at radius 2 is 1.65 bits per heavy atom. The average Bonchev–Trinajstić information content (AvgIpc) is 3.23. The van der Waals surface area contributed by atoms with Crippen LogP contribution < -0.4 is 14.4 Å². The fraction of sp³-hybridized carbons (Fsp3) is 0.310. The summed E-state index contributed by atoms with van der Waals surface area (Å²) in [4.78, 5) is 20.1. The van der Waals surface area contributed by atoms with Gasteiger partial charge in [0.15, 0.2) is 0 Å². The van der Waals surface area contributed by atoms with E-state index < -0.39 is 12.2 Å². The highest BCUT2D eigenvalue weighted by Gasteiger charge is 2.31. The highest BCUT2D eigenvalue weighted by molar-refractivity contribution is 5.81. The number of carbonyl (C=O) groups excluding carboxylic acids is 1. The Kier molecular flexibility index (Phi) is 7.92. The van der Waals surface area contributed by atoms with Crippen LogP contribution in [0.5, 0.6) is 11.5 Å². The van der Waals surface area contributed by atoms with Crippen molar-refractivity contribution in [3.05, 3.63) is 83.9 Å². The summed E-state index contributed by atoms with van der Waals surface area (Å²) in [5, 5.41) is 0. The predicted octanol–water partition coefficient (Wildman–Crippen LogP) is 5.41. The standard InChI is InChI=1S/C29H28F4N4O3/c1-20(38)17-35-11-13-36(14-12-35)26-16-27-25(15-24(26)30)34-28(19-39-22-5-3-2-4-6-22)37(27)18-21-7-9-23(10-8-21)40-29(31,32)33/h2-10,15-16H,11-14,17-19H2,1H3. The molecular weight excluding hydrogens is 528 g/mol. The number of para-hydroxylation sites is 1. The SMILES string of the molecule is CC(=O)CN1CCN(c2cc3c(cc2F)nc(COc2ccccc2)n3Cc2ccc(OC(F)(F)F)cc2)CC1. The lowest BCUT2D eigenvalue weighted by atomic mass is 10.2. The van der Waals surface area contributed by atoms with Crippen LogP contribution in [0.4, 0.5) is 23.2 Å². The summed E-state index contributed by atoms with van der Waals surface area (Å²) < 4.78 is 64.9. The summed E-state index contributed by atoms with van der Waals surface area (Å²) in [6.07, 6.45) is -4.78. The van der Waals surface area contributed by atoms with Crippen LogP contribution in [0, 0.1) is 5.82 Å². The first-order chi connectivity index (χ1) is 19.1. The molecule has 7 nitrogen and oxygen atoms in total. The number of nitrogens with zero attached hydrogens (tertiary/aromatic N) is 4. The van der Waals surface area contributed by atoms with Gasteiger partial charge in [0.25, 0.3) is 0 Å². The minimum absolute atomic E-state index is 0.0909. The van der Waals surface area contributed by atoms with E-state index in [0.29, 0.717) is 66.6 Å². The number of ether oxygens (including phenoxy) is 2. The van der Waals surface area contributed by atoms with E-state index >= 15 is 4.39 Å². The quantitative estimate of drug-likeness (QED) is 0.257. The van der Waals surface area contributed by atoms with E-state index in [1.54, 1.807) is 25.1 Å². The van der Waals surface area contributed by atoms with Crippen LogP contribution >= 0.6 is 0 Å². The molecule has 0 amide bonds. The molecule has 0 spiro atoms. The Hall–Kier alpha value is -4.12. The smallest absolute Gasteiger partial charge is 0.486 e. The van der Waals surface area contributed by atoms with Gasteiger partial charge in [-0.05, 0) is 42.8 Å². The van der Waals surface area contributed by atoms with Crippen molar-refractivity contribution in [3.63, 3.8) is 0 Å². The molecule has 2 heterocycles. The summed E-state index contributed by atoms with van der Waals surface area (Å²) in [7, 11) is 0. The minimum atomic E-state index is -4.78. The number of halogens is 4. The second kappa shape index (κ2) is 11.5. The summed E-state index contributed by atoms with van der Waals surface area (Å²) in [6, 6.07) is 18.0. The van der Waals surface area contributed by atoms with Crippen LogP contribution in [-0.4, -0.2) is 59.3 Å². The Morgan fingerprint density at radius 1 is 0.950 bits per heavy atom. The third-order valence-corrected chi connectivity index (χ3v) is 6.66. The number of rotatable bonds is 9. The Morgan fingerprint density at radius 3 is 2.30 bits per heavy atom. The molecule has 1 aliphatic rings. The number of aromatic nitrogens is 2. The van der Waals surface area contributed by atoms with Crippen LogP contribution in [0.25, 0.3) is 11.0 Å². The highest BCUT2D eigenvalue weighted by Crippen LogP contribution is 2.30. The molecule has 0 saturated carbocycles. The molecule has 11 heteroatoms. The van der Waals surface area contributed by atoms with E-state index in [9.17, 15) is 18.0 Å². The van der Waals surface area contributed by atoms with E-state index in [1.807, 2.05) is 44.7 Å². The van der Waals surface area contributed by atoms with Crippen LogP contribution in [0.2, 0.25) is 0 Å². The van der Waals surface area contributed by atoms with Gasteiger partial charge in [0.05, 0.1) is 23.3 Å². The zero-order valence-corrected chi connectivity index (χ0v) is 21.8. The molecule has 4 aromatic rings. The highest BCUT2D eigenvalue weighted by atomic mass is 19.4. The molecule has 1 aromatic heterocycles. The monoisotopic (exact) mass is 556 g/mol. The number of carbonyl (C=O) groups is 1. The zero-order valence-electron chi connectivity index (χ0n) is 21.8. The summed E-state index contributed by atoms with van der Waals surface area (Å²) in [6.45, 7) is 4.71. The lowest BCUT2D eigenvalue weighted by molar-refractivity contribution is -0.274. The van der Waals surface area contributed by atoms with Gasteiger partial charge in [0.2, 0.25) is 0 Å². The van der Waals surface area contributed by atoms with Crippen molar-refractivity contribution in [2.24, 2.45) is 0 Å². The third kappa shape index (κ3) is 6.71. The number of fused-ring (bicyclic) bond motifs is 1. The van der Waals surface area contributed by atoms with Gasteiger partial charge in [0.1, 0.15) is 35.5 Å². The van der Waals surface area contributed by atoms with E-state index in [4.69, 9.17) is 4.74 Å². The van der Waals surface area contributed by atoms with Crippen molar-refractivity contribution < 1.29 is 31.8 Å². The molecule has 0 radical (unpaired) electrons. The zero-order chi connectivity index (χ0) is 28.3. The fourth-order valence-electron chi connectivity index (χ4n) is 4.82. The number of piperazine rings is 1. The van der Waals surface area contributed by atoms with Gasteiger partial charge in [-0.1, -0.05) is 30.3 Å². The summed E-state index contributed by atoms with van der Waals surface area (Å²) in [5.41, 5.74) is 2.25. The summed E-state index contributed by atoms with van der Waals surface area (Å²) >= 11 is 0. The topological polar surface area (TPSA) is 59.8 Å². The number of anilines is 1. The second-order valence-electron chi connectivity index (χ2n) is 9.67. The second-order valence-corrected chi connectivity index (χ2v) is 9.67. The van der Waals surface area contributed by atoms with Crippen molar-refractivity contribution in [2.75, 3.05) is 37.6 Å². The summed E-state index contributed by atoms with van der Waals surface area (Å²) in [5.74, 6) is 0.560. The molecule has 0 N–H and O–H groups in total. The van der Waals surface area contributed by atoms with Crippen LogP contribution in [0.1, 0.15) is 18.3 Å². The Balaban J connectivity index is 1.45. The van der Waals surface area contributed by atoms with Crippen LogP contribution in [0.3, 0.4) is 0 Å². The van der Waals surface area contributed by atoms with Gasteiger partial charge in [-0.3, -0.25) is 9.69 Å². The van der Waals surface area contributed by atoms with Crippen molar-refractivity contribution in [3.8, 4) is 11.5 Å². The molecule has 0 atom stereocenters. The minimum Gasteiger partial charge on any atom is -0.486 e. The van der Waals surface area contributed by atoms with Crippen molar-refractivity contribution in [2.45, 2.75) is 26.4 Å². The number of benzene rings is 3.